The normalized spacial score (nSPS) is 17.8. The largest absolute Gasteiger partial charge is 0.381 e. The number of sulfonamides is 1. The Kier molecular flexibility index (Phi) is 4.70. The molecule has 0 saturated heterocycles. The highest BCUT2D eigenvalue weighted by Gasteiger charge is 2.31. The third-order valence-electron chi connectivity index (χ3n) is 3.95. The molecule has 1 fully saturated rings. The number of rotatable bonds is 5. The molecule has 7 heteroatoms. The SMILES string of the molecule is CCCn1cc(S(=O)(=O)N(C)C2CCCCC2)c(N)n1. The minimum absolute atomic E-state index is 0.0858. The summed E-state index contributed by atoms with van der Waals surface area (Å²) in [5.41, 5.74) is 5.79. The molecule has 0 radical (unpaired) electrons. The highest BCUT2D eigenvalue weighted by atomic mass is 32.2. The smallest absolute Gasteiger partial charge is 0.248 e. The lowest BCUT2D eigenvalue weighted by atomic mass is 9.96. The molecule has 0 atom stereocenters. The Bertz CT molecular complexity index is 547. The molecular formula is C13H24N4O2S. The fourth-order valence-electron chi connectivity index (χ4n) is 2.76. The van der Waals surface area contributed by atoms with Crippen LogP contribution in [-0.4, -0.2) is 35.6 Å². The molecule has 20 heavy (non-hydrogen) atoms. The summed E-state index contributed by atoms with van der Waals surface area (Å²) in [6, 6.07) is 0.0858. The third kappa shape index (κ3) is 2.98. The summed E-state index contributed by atoms with van der Waals surface area (Å²) in [5.74, 6) is 0.0982. The van der Waals surface area contributed by atoms with E-state index in [1.807, 2.05) is 6.92 Å². The molecule has 2 rings (SSSR count). The monoisotopic (exact) mass is 300 g/mol. The Morgan fingerprint density at radius 2 is 2.05 bits per heavy atom. The molecule has 114 valence electrons. The van der Waals surface area contributed by atoms with Crippen LogP contribution in [0.3, 0.4) is 0 Å². The molecule has 0 unspecified atom stereocenters. The van der Waals surface area contributed by atoms with E-state index in [-0.39, 0.29) is 16.8 Å². The minimum Gasteiger partial charge on any atom is -0.381 e. The van der Waals surface area contributed by atoms with Crippen molar-refractivity contribution in [2.24, 2.45) is 0 Å². The van der Waals surface area contributed by atoms with E-state index in [1.165, 1.54) is 10.7 Å². The van der Waals surface area contributed by atoms with Crippen LogP contribution in [0.5, 0.6) is 0 Å². The first-order chi connectivity index (χ1) is 9.46. The topological polar surface area (TPSA) is 81.2 Å². The summed E-state index contributed by atoms with van der Waals surface area (Å²) < 4.78 is 28.4. The van der Waals surface area contributed by atoms with Gasteiger partial charge in [0, 0.05) is 25.8 Å². The maximum Gasteiger partial charge on any atom is 0.248 e. The minimum atomic E-state index is -3.54. The first-order valence-electron chi connectivity index (χ1n) is 7.27. The van der Waals surface area contributed by atoms with Crippen molar-refractivity contribution < 1.29 is 8.42 Å². The first-order valence-corrected chi connectivity index (χ1v) is 8.71. The van der Waals surface area contributed by atoms with Gasteiger partial charge in [0.05, 0.1) is 0 Å². The average molecular weight is 300 g/mol. The van der Waals surface area contributed by atoms with Crippen LogP contribution in [0.25, 0.3) is 0 Å². The third-order valence-corrected chi connectivity index (χ3v) is 5.88. The van der Waals surface area contributed by atoms with E-state index in [0.29, 0.717) is 6.54 Å². The zero-order chi connectivity index (χ0) is 14.8. The fourth-order valence-corrected chi connectivity index (χ4v) is 4.23. The Morgan fingerprint density at radius 3 is 2.65 bits per heavy atom. The van der Waals surface area contributed by atoms with Crippen LogP contribution in [0, 0.1) is 0 Å². The van der Waals surface area contributed by atoms with Gasteiger partial charge in [-0.25, -0.2) is 8.42 Å². The van der Waals surface area contributed by atoms with Crippen LogP contribution >= 0.6 is 0 Å². The standard InChI is InChI=1S/C13H24N4O2S/c1-3-9-17-10-12(13(14)15-17)20(18,19)16(2)11-7-5-4-6-8-11/h10-11H,3-9H2,1-2H3,(H2,14,15). The van der Waals surface area contributed by atoms with Crippen LogP contribution in [-0.2, 0) is 16.6 Å². The second-order valence-corrected chi connectivity index (χ2v) is 7.42. The van der Waals surface area contributed by atoms with Crippen LogP contribution in [0.2, 0.25) is 0 Å². The molecule has 1 aromatic rings. The molecule has 0 aromatic carbocycles. The Balaban J connectivity index is 2.24. The molecule has 0 aliphatic heterocycles. The van der Waals surface area contributed by atoms with Gasteiger partial charge in [-0.05, 0) is 19.3 Å². The van der Waals surface area contributed by atoms with Crippen molar-refractivity contribution in [3.05, 3.63) is 6.20 Å². The van der Waals surface area contributed by atoms with Crippen LogP contribution in [0.15, 0.2) is 11.1 Å². The average Bonchev–Trinajstić information content (AvgIpc) is 2.81. The second kappa shape index (κ2) is 6.13. The van der Waals surface area contributed by atoms with E-state index in [2.05, 4.69) is 5.10 Å². The summed E-state index contributed by atoms with van der Waals surface area (Å²) in [6.07, 6.45) is 7.68. The lowest BCUT2D eigenvalue weighted by molar-refractivity contribution is 0.286. The Morgan fingerprint density at radius 1 is 1.40 bits per heavy atom. The molecule has 1 heterocycles. The predicted octanol–water partition coefficient (Wildman–Crippen LogP) is 1.83. The van der Waals surface area contributed by atoms with Gasteiger partial charge in [-0.2, -0.15) is 9.40 Å². The molecule has 1 aliphatic carbocycles. The number of nitrogens with zero attached hydrogens (tertiary/aromatic N) is 3. The molecule has 0 spiro atoms. The number of hydrogen-bond donors (Lipinski definition) is 1. The van der Waals surface area contributed by atoms with E-state index in [1.54, 1.807) is 17.9 Å². The lowest BCUT2D eigenvalue weighted by Gasteiger charge is -2.30. The second-order valence-electron chi connectivity index (χ2n) is 5.45. The van der Waals surface area contributed by atoms with E-state index in [4.69, 9.17) is 5.73 Å². The zero-order valence-corrected chi connectivity index (χ0v) is 13.1. The summed E-state index contributed by atoms with van der Waals surface area (Å²) in [7, 11) is -1.89. The number of nitrogen functional groups attached to an aromatic ring is 1. The van der Waals surface area contributed by atoms with Crippen molar-refractivity contribution in [3.63, 3.8) is 0 Å². The van der Waals surface area contributed by atoms with Crippen molar-refractivity contribution in [2.45, 2.75) is 62.9 Å². The number of anilines is 1. The van der Waals surface area contributed by atoms with Gasteiger partial charge < -0.3 is 5.73 Å². The highest BCUT2D eigenvalue weighted by molar-refractivity contribution is 7.89. The van der Waals surface area contributed by atoms with Gasteiger partial charge in [-0.1, -0.05) is 26.2 Å². The molecule has 1 aromatic heterocycles. The van der Waals surface area contributed by atoms with E-state index < -0.39 is 10.0 Å². The number of aryl methyl sites for hydroxylation is 1. The maximum absolute atomic E-state index is 12.7. The molecule has 1 aliphatic rings. The summed E-state index contributed by atoms with van der Waals surface area (Å²) >= 11 is 0. The Labute approximate surface area is 121 Å². The van der Waals surface area contributed by atoms with Crippen molar-refractivity contribution >= 4 is 15.8 Å². The van der Waals surface area contributed by atoms with Crippen molar-refractivity contribution in [1.82, 2.24) is 14.1 Å². The lowest BCUT2D eigenvalue weighted by Crippen LogP contribution is -2.38. The fraction of sp³-hybridized carbons (Fsp3) is 0.769. The van der Waals surface area contributed by atoms with E-state index in [0.717, 1.165) is 32.1 Å². The van der Waals surface area contributed by atoms with Crippen LogP contribution < -0.4 is 5.73 Å². The van der Waals surface area contributed by atoms with Crippen LogP contribution in [0.1, 0.15) is 45.4 Å². The summed E-state index contributed by atoms with van der Waals surface area (Å²) in [6.45, 7) is 2.69. The van der Waals surface area contributed by atoms with Gasteiger partial charge in [0.1, 0.15) is 4.90 Å². The molecule has 1 saturated carbocycles. The van der Waals surface area contributed by atoms with E-state index >= 15 is 0 Å². The Hall–Kier alpha value is -1.08. The predicted molar refractivity (Wildman–Crippen MR) is 78.8 cm³/mol. The van der Waals surface area contributed by atoms with Crippen molar-refractivity contribution in [1.29, 1.82) is 0 Å². The summed E-state index contributed by atoms with van der Waals surface area (Å²) in [5, 5.41) is 4.08. The van der Waals surface area contributed by atoms with Gasteiger partial charge >= 0.3 is 0 Å². The van der Waals surface area contributed by atoms with Gasteiger partial charge in [-0.3, -0.25) is 4.68 Å². The van der Waals surface area contributed by atoms with Gasteiger partial charge in [-0.15, -0.1) is 0 Å². The molecular weight excluding hydrogens is 276 g/mol. The van der Waals surface area contributed by atoms with Gasteiger partial charge in [0.25, 0.3) is 0 Å². The quantitative estimate of drug-likeness (QED) is 0.899. The molecule has 6 nitrogen and oxygen atoms in total. The number of aromatic nitrogens is 2. The van der Waals surface area contributed by atoms with Crippen LogP contribution in [0.4, 0.5) is 5.82 Å². The van der Waals surface area contributed by atoms with Gasteiger partial charge in [0.15, 0.2) is 5.82 Å². The number of nitrogens with two attached hydrogens (primary N) is 1. The number of hydrogen-bond acceptors (Lipinski definition) is 4. The molecule has 2 N–H and O–H groups in total. The first kappa shape index (κ1) is 15.3. The zero-order valence-electron chi connectivity index (χ0n) is 12.2. The van der Waals surface area contributed by atoms with Crippen molar-refractivity contribution in [2.75, 3.05) is 12.8 Å². The van der Waals surface area contributed by atoms with Gasteiger partial charge in [0.2, 0.25) is 10.0 Å². The maximum atomic E-state index is 12.7. The van der Waals surface area contributed by atoms with Crippen molar-refractivity contribution in [3.8, 4) is 0 Å². The summed E-state index contributed by atoms with van der Waals surface area (Å²) in [4.78, 5) is 0.138. The molecule has 0 amide bonds. The van der Waals surface area contributed by atoms with E-state index in [9.17, 15) is 8.42 Å². The molecule has 0 bridgehead atoms. The highest BCUT2D eigenvalue weighted by Crippen LogP contribution is 2.28.